The smallest absolute Gasteiger partial charge is 0.341 e. The molecule has 0 saturated carbocycles. The molecule has 4 aromatic rings. The molecule has 3 aromatic carbocycles. The number of carbonyl (C=O) groups is 2. The molecule has 0 amide bonds. The Morgan fingerprint density at radius 3 is 2.16 bits per heavy atom. The molecule has 1 unspecified atom stereocenters. The highest BCUT2D eigenvalue weighted by Crippen LogP contribution is 2.32. The number of aromatic nitrogens is 2. The molecular weight excluding hydrogens is 463 g/mol. The number of fused-ring (bicyclic) bond motifs is 2. The van der Waals surface area contributed by atoms with E-state index < -0.39 is 18.0 Å². The minimum absolute atomic E-state index is 0.0162. The Labute approximate surface area is 191 Å². The second kappa shape index (κ2) is 8.30. The van der Waals surface area contributed by atoms with Gasteiger partial charge in [0, 0.05) is 10.6 Å². The summed E-state index contributed by atoms with van der Waals surface area (Å²) in [7, 11) is 0. The van der Waals surface area contributed by atoms with Gasteiger partial charge in [-0.05, 0) is 37.3 Å². The summed E-state index contributed by atoms with van der Waals surface area (Å²) in [6, 6.07) is 12.8. The number of ether oxygens (including phenoxy) is 1. The first-order chi connectivity index (χ1) is 14.8. The molecule has 0 spiro atoms. The van der Waals surface area contributed by atoms with Gasteiger partial charge in [0.1, 0.15) is 11.6 Å². The van der Waals surface area contributed by atoms with E-state index in [1.165, 1.54) is 18.2 Å². The van der Waals surface area contributed by atoms with Crippen LogP contribution in [0.5, 0.6) is 0 Å². The van der Waals surface area contributed by atoms with Crippen LogP contribution in [0.1, 0.15) is 39.3 Å². The van der Waals surface area contributed by atoms with Gasteiger partial charge in [-0.1, -0.05) is 53.0 Å². The van der Waals surface area contributed by atoms with Crippen molar-refractivity contribution in [3.63, 3.8) is 0 Å². The molecule has 0 radical (unpaired) electrons. The number of rotatable bonds is 4. The summed E-state index contributed by atoms with van der Waals surface area (Å²) in [6.07, 6.45) is -0.714. The van der Waals surface area contributed by atoms with Crippen molar-refractivity contribution in [1.29, 1.82) is 0 Å². The highest BCUT2D eigenvalue weighted by molar-refractivity contribution is 6.41. The lowest BCUT2D eigenvalue weighted by Crippen LogP contribution is -2.11. The number of carbonyl (C=O) groups excluding carboxylic acids is 1. The van der Waals surface area contributed by atoms with Crippen LogP contribution in [0.25, 0.3) is 22.1 Å². The maximum atomic E-state index is 12.7. The largest absolute Gasteiger partial charge is 0.478 e. The molecule has 0 aliphatic heterocycles. The number of carboxylic acids is 1. The van der Waals surface area contributed by atoms with Gasteiger partial charge >= 0.3 is 11.9 Å². The van der Waals surface area contributed by atoms with E-state index in [1.54, 1.807) is 37.3 Å². The Hall–Kier alpha value is -2.93. The zero-order chi connectivity index (χ0) is 22.3. The number of nitrogens with zero attached hydrogens (tertiary/aromatic N) is 2. The number of benzene rings is 3. The Morgan fingerprint density at radius 1 is 0.935 bits per heavy atom. The molecule has 1 atom stereocenters. The molecule has 0 fully saturated rings. The quantitative estimate of drug-likeness (QED) is 0.273. The summed E-state index contributed by atoms with van der Waals surface area (Å²) in [5, 5.41) is 9.88. The normalized spacial score (nSPS) is 12.1. The first-order valence-electron chi connectivity index (χ1n) is 9.04. The lowest BCUT2D eigenvalue weighted by atomic mass is 10.1. The molecule has 9 heteroatoms. The number of carboxylic acid groups (broad SMARTS) is 1. The van der Waals surface area contributed by atoms with E-state index in [0.29, 0.717) is 27.1 Å². The molecule has 1 heterocycles. The van der Waals surface area contributed by atoms with Crippen molar-refractivity contribution < 1.29 is 19.4 Å². The highest BCUT2D eigenvalue weighted by Gasteiger charge is 2.22. The number of hydrogen-bond donors (Lipinski definition) is 1. The topological polar surface area (TPSA) is 89.4 Å². The van der Waals surface area contributed by atoms with Crippen LogP contribution in [0.4, 0.5) is 0 Å². The molecule has 0 saturated heterocycles. The average molecular weight is 476 g/mol. The molecule has 6 nitrogen and oxygen atoms in total. The predicted molar refractivity (Wildman–Crippen MR) is 119 cm³/mol. The molecule has 0 bridgehead atoms. The fourth-order valence-corrected chi connectivity index (χ4v) is 4.23. The van der Waals surface area contributed by atoms with E-state index in [4.69, 9.17) is 39.5 Å². The molecule has 0 aliphatic carbocycles. The Balaban J connectivity index is 1.76. The first-order valence-corrected chi connectivity index (χ1v) is 10.2. The maximum Gasteiger partial charge on any atom is 0.341 e. The van der Waals surface area contributed by atoms with Gasteiger partial charge in [-0.15, -0.1) is 0 Å². The van der Waals surface area contributed by atoms with Crippen molar-refractivity contribution in [1.82, 2.24) is 9.97 Å². The summed E-state index contributed by atoms with van der Waals surface area (Å²) in [6.45, 7) is 1.68. The van der Waals surface area contributed by atoms with E-state index in [9.17, 15) is 14.7 Å². The SMILES string of the molecule is CC(OC(=O)c1c(Cl)cc(Cl)cc1Cl)c1cccc2nc3c(C(=O)O)cccc3nc12. The lowest BCUT2D eigenvalue weighted by Gasteiger charge is -2.17. The molecule has 4 rings (SSSR count). The summed E-state index contributed by atoms with van der Waals surface area (Å²) < 4.78 is 5.59. The monoisotopic (exact) mass is 474 g/mol. The summed E-state index contributed by atoms with van der Waals surface area (Å²) in [5.41, 5.74) is 2.34. The fraction of sp³-hybridized carbons (Fsp3) is 0.0909. The Kier molecular flexibility index (Phi) is 5.71. The van der Waals surface area contributed by atoms with Gasteiger partial charge in [0.15, 0.2) is 0 Å². The minimum atomic E-state index is -1.09. The van der Waals surface area contributed by atoms with Gasteiger partial charge in [0.05, 0.1) is 37.7 Å². The number of hydrogen-bond acceptors (Lipinski definition) is 5. The van der Waals surface area contributed by atoms with Crippen LogP contribution in [0.3, 0.4) is 0 Å². The molecule has 0 aliphatic rings. The van der Waals surface area contributed by atoms with Gasteiger partial charge in [-0.3, -0.25) is 0 Å². The minimum Gasteiger partial charge on any atom is -0.478 e. The summed E-state index contributed by atoms with van der Waals surface area (Å²) in [4.78, 5) is 33.3. The van der Waals surface area contributed by atoms with Crippen molar-refractivity contribution in [2.45, 2.75) is 13.0 Å². The standard InChI is InChI=1S/C22H13Cl3N2O4/c1-10(31-22(30)18-14(24)8-11(23)9-15(18)25)12-4-2-6-16-19(12)26-17-7-3-5-13(21(28)29)20(17)27-16/h2-10H,1H3,(H,28,29). The van der Waals surface area contributed by atoms with E-state index in [-0.39, 0.29) is 26.7 Å². The fourth-order valence-electron chi connectivity index (χ4n) is 3.26. The van der Waals surface area contributed by atoms with Crippen LogP contribution >= 0.6 is 34.8 Å². The Morgan fingerprint density at radius 2 is 1.52 bits per heavy atom. The zero-order valence-corrected chi connectivity index (χ0v) is 18.2. The van der Waals surface area contributed by atoms with E-state index >= 15 is 0 Å². The molecule has 1 N–H and O–H groups in total. The first kappa shape index (κ1) is 21.3. The lowest BCUT2D eigenvalue weighted by molar-refractivity contribution is 0.0340. The summed E-state index contributed by atoms with van der Waals surface area (Å²) >= 11 is 18.1. The van der Waals surface area contributed by atoms with Gasteiger partial charge in [0.25, 0.3) is 0 Å². The van der Waals surface area contributed by atoms with Crippen molar-refractivity contribution >= 4 is 68.8 Å². The van der Waals surface area contributed by atoms with E-state index in [1.807, 2.05) is 0 Å². The van der Waals surface area contributed by atoms with Crippen LogP contribution in [0.2, 0.25) is 15.1 Å². The highest BCUT2D eigenvalue weighted by atomic mass is 35.5. The van der Waals surface area contributed by atoms with Crippen molar-refractivity contribution in [3.05, 3.63) is 80.3 Å². The van der Waals surface area contributed by atoms with Crippen LogP contribution < -0.4 is 0 Å². The number of para-hydroxylation sites is 2. The third-order valence-electron chi connectivity index (χ3n) is 4.69. The average Bonchev–Trinajstić information content (AvgIpc) is 2.70. The van der Waals surface area contributed by atoms with Crippen molar-refractivity contribution in [3.8, 4) is 0 Å². The second-order valence-electron chi connectivity index (χ2n) is 6.71. The molecule has 156 valence electrons. The van der Waals surface area contributed by atoms with Crippen LogP contribution in [0, 0.1) is 0 Å². The van der Waals surface area contributed by atoms with E-state index in [2.05, 4.69) is 9.97 Å². The maximum absolute atomic E-state index is 12.7. The third-order valence-corrected chi connectivity index (χ3v) is 5.50. The van der Waals surface area contributed by atoms with Gasteiger partial charge in [-0.2, -0.15) is 0 Å². The van der Waals surface area contributed by atoms with Crippen molar-refractivity contribution in [2.24, 2.45) is 0 Å². The van der Waals surface area contributed by atoms with Gasteiger partial charge in [-0.25, -0.2) is 19.6 Å². The number of aromatic carboxylic acids is 1. The predicted octanol–water partition coefficient (Wildman–Crippen LogP) is 6.36. The molecular formula is C22H13Cl3N2O4. The van der Waals surface area contributed by atoms with Gasteiger partial charge < -0.3 is 9.84 Å². The van der Waals surface area contributed by atoms with Crippen LogP contribution in [-0.4, -0.2) is 27.0 Å². The number of esters is 1. The third kappa shape index (κ3) is 4.02. The number of halogens is 3. The van der Waals surface area contributed by atoms with Gasteiger partial charge in [0.2, 0.25) is 0 Å². The zero-order valence-electron chi connectivity index (χ0n) is 15.9. The van der Waals surface area contributed by atoms with Crippen molar-refractivity contribution in [2.75, 3.05) is 0 Å². The van der Waals surface area contributed by atoms with Crippen LogP contribution in [-0.2, 0) is 4.74 Å². The van der Waals surface area contributed by atoms with Crippen LogP contribution in [0.15, 0.2) is 48.5 Å². The Bertz CT molecular complexity index is 1350. The molecule has 31 heavy (non-hydrogen) atoms. The summed E-state index contributed by atoms with van der Waals surface area (Å²) in [5.74, 6) is -1.80. The molecule has 1 aromatic heterocycles. The van der Waals surface area contributed by atoms with E-state index in [0.717, 1.165) is 0 Å². The second-order valence-corrected chi connectivity index (χ2v) is 7.96.